The lowest BCUT2D eigenvalue weighted by Gasteiger charge is -2.31. The quantitative estimate of drug-likeness (QED) is 0.294. The lowest BCUT2D eigenvalue weighted by atomic mass is 9.90. The summed E-state index contributed by atoms with van der Waals surface area (Å²) in [5.41, 5.74) is 0.401. The zero-order valence-electron chi connectivity index (χ0n) is 19.4. The topological polar surface area (TPSA) is 120 Å². The lowest BCUT2D eigenvalue weighted by Crippen LogP contribution is -2.42. The van der Waals surface area contributed by atoms with Crippen molar-refractivity contribution < 1.29 is 27.9 Å². The monoisotopic (exact) mass is 509 g/mol. The fraction of sp³-hybridized carbons (Fsp3) is 0.231. The molecule has 190 valence electrons. The van der Waals surface area contributed by atoms with Crippen LogP contribution in [-0.2, 0) is 0 Å². The second-order valence-corrected chi connectivity index (χ2v) is 8.93. The second-order valence-electron chi connectivity index (χ2n) is 8.93. The molecule has 1 fully saturated rings. The van der Waals surface area contributed by atoms with Crippen molar-refractivity contribution in [2.45, 2.75) is 37.8 Å². The average Bonchev–Trinajstić information content (AvgIpc) is 3.30. The SMILES string of the molecule is O=C(O)c1ccccc1C(=O)NC1CCCC(Nc2nc(-c3c[nH]c4c(F)cc(F)cc34)ncc2F)C1. The predicted octanol–water partition coefficient (Wildman–Crippen LogP) is 4.89. The maximum atomic E-state index is 14.6. The van der Waals surface area contributed by atoms with Crippen LogP contribution in [0.3, 0.4) is 0 Å². The number of benzene rings is 2. The summed E-state index contributed by atoms with van der Waals surface area (Å²) >= 11 is 0. The van der Waals surface area contributed by atoms with Crippen LogP contribution in [-0.4, -0.2) is 44.0 Å². The smallest absolute Gasteiger partial charge is 0.336 e. The molecule has 0 radical (unpaired) electrons. The van der Waals surface area contributed by atoms with Crippen LogP contribution in [0.25, 0.3) is 22.3 Å². The summed E-state index contributed by atoms with van der Waals surface area (Å²) in [5.74, 6) is -3.86. The minimum absolute atomic E-state index is 0.0653. The van der Waals surface area contributed by atoms with Crippen LogP contribution < -0.4 is 10.6 Å². The average molecular weight is 509 g/mol. The van der Waals surface area contributed by atoms with Gasteiger partial charge in [-0.15, -0.1) is 0 Å². The largest absolute Gasteiger partial charge is 0.478 e. The fourth-order valence-electron chi connectivity index (χ4n) is 4.71. The highest BCUT2D eigenvalue weighted by atomic mass is 19.1. The second kappa shape index (κ2) is 9.92. The number of anilines is 1. The number of hydrogen-bond acceptors (Lipinski definition) is 5. The van der Waals surface area contributed by atoms with Crippen molar-refractivity contribution >= 4 is 28.6 Å². The van der Waals surface area contributed by atoms with E-state index < -0.39 is 29.3 Å². The van der Waals surface area contributed by atoms with Gasteiger partial charge < -0.3 is 20.7 Å². The van der Waals surface area contributed by atoms with Gasteiger partial charge in [0.15, 0.2) is 17.5 Å². The van der Waals surface area contributed by atoms with Gasteiger partial charge in [0.2, 0.25) is 0 Å². The van der Waals surface area contributed by atoms with Gasteiger partial charge in [-0.25, -0.2) is 27.9 Å². The number of rotatable bonds is 6. The molecule has 1 aliphatic rings. The number of carbonyl (C=O) groups excluding carboxylic acids is 1. The van der Waals surface area contributed by atoms with Crippen molar-refractivity contribution in [2.24, 2.45) is 0 Å². The van der Waals surface area contributed by atoms with E-state index in [1.807, 2.05) is 0 Å². The fourth-order valence-corrected chi connectivity index (χ4v) is 4.71. The number of carbonyl (C=O) groups is 2. The minimum atomic E-state index is -1.19. The number of nitrogens with zero attached hydrogens (tertiary/aromatic N) is 2. The van der Waals surface area contributed by atoms with Crippen LogP contribution in [0.2, 0.25) is 0 Å². The molecule has 37 heavy (non-hydrogen) atoms. The lowest BCUT2D eigenvalue weighted by molar-refractivity contribution is 0.0690. The van der Waals surface area contributed by atoms with E-state index in [9.17, 15) is 27.9 Å². The summed E-state index contributed by atoms with van der Waals surface area (Å²) in [6.45, 7) is 0. The maximum Gasteiger partial charge on any atom is 0.336 e. The third-order valence-corrected chi connectivity index (χ3v) is 6.44. The first-order valence-electron chi connectivity index (χ1n) is 11.7. The van der Waals surface area contributed by atoms with Crippen molar-refractivity contribution in [1.82, 2.24) is 20.3 Å². The predicted molar refractivity (Wildman–Crippen MR) is 130 cm³/mol. The number of hydrogen-bond donors (Lipinski definition) is 4. The number of aromatic amines is 1. The third kappa shape index (κ3) is 4.97. The Kier molecular flexibility index (Phi) is 6.51. The molecular weight excluding hydrogens is 487 g/mol. The Morgan fingerprint density at radius 3 is 2.57 bits per heavy atom. The minimum Gasteiger partial charge on any atom is -0.478 e. The van der Waals surface area contributed by atoms with E-state index in [1.165, 1.54) is 18.3 Å². The normalized spacial score (nSPS) is 17.5. The first-order valence-corrected chi connectivity index (χ1v) is 11.7. The molecule has 2 aromatic heterocycles. The zero-order valence-corrected chi connectivity index (χ0v) is 19.4. The summed E-state index contributed by atoms with van der Waals surface area (Å²) in [6, 6.07) is 7.40. The van der Waals surface area contributed by atoms with Crippen LogP contribution in [0.5, 0.6) is 0 Å². The number of H-pyrrole nitrogens is 1. The Morgan fingerprint density at radius 1 is 1.03 bits per heavy atom. The Morgan fingerprint density at radius 2 is 1.78 bits per heavy atom. The highest BCUT2D eigenvalue weighted by Crippen LogP contribution is 2.30. The molecular formula is C26H22F3N5O3. The van der Waals surface area contributed by atoms with E-state index in [0.29, 0.717) is 24.8 Å². The highest BCUT2D eigenvalue weighted by Gasteiger charge is 2.26. The van der Waals surface area contributed by atoms with Gasteiger partial charge in [-0.3, -0.25) is 4.79 Å². The molecule has 5 rings (SSSR count). The number of aromatic carboxylic acids is 1. The molecule has 0 aliphatic heterocycles. The van der Waals surface area contributed by atoms with Gasteiger partial charge in [-0.2, -0.15) is 0 Å². The molecule has 0 bridgehead atoms. The molecule has 4 N–H and O–H groups in total. The van der Waals surface area contributed by atoms with Crippen molar-refractivity contribution in [3.05, 3.63) is 77.4 Å². The van der Waals surface area contributed by atoms with E-state index >= 15 is 0 Å². The van der Waals surface area contributed by atoms with Gasteiger partial charge in [-0.1, -0.05) is 12.1 Å². The Hall–Kier alpha value is -4.41. The number of aromatic nitrogens is 3. The molecule has 1 saturated carbocycles. The van der Waals surface area contributed by atoms with E-state index in [2.05, 4.69) is 25.6 Å². The molecule has 0 saturated heterocycles. The van der Waals surface area contributed by atoms with Crippen LogP contribution in [0.15, 0.2) is 48.8 Å². The number of nitrogens with one attached hydrogen (secondary N) is 3. The van der Waals surface area contributed by atoms with Crippen molar-refractivity contribution in [3.63, 3.8) is 0 Å². The summed E-state index contributed by atoms with van der Waals surface area (Å²) in [7, 11) is 0. The number of amides is 1. The maximum absolute atomic E-state index is 14.6. The third-order valence-electron chi connectivity index (χ3n) is 6.44. The number of carboxylic acids is 1. The van der Waals surface area contributed by atoms with Crippen molar-refractivity contribution in [1.29, 1.82) is 0 Å². The summed E-state index contributed by atoms with van der Waals surface area (Å²) in [4.78, 5) is 35.2. The Balaban J connectivity index is 1.32. The van der Waals surface area contributed by atoms with Gasteiger partial charge in [-0.05, 0) is 43.9 Å². The molecule has 8 nitrogen and oxygen atoms in total. The molecule has 1 aliphatic carbocycles. The van der Waals surface area contributed by atoms with Crippen LogP contribution in [0, 0.1) is 17.5 Å². The Labute approximate surface area is 209 Å². The summed E-state index contributed by atoms with van der Waals surface area (Å²) < 4.78 is 42.5. The summed E-state index contributed by atoms with van der Waals surface area (Å²) in [6.07, 6.45) is 5.01. The van der Waals surface area contributed by atoms with E-state index in [1.54, 1.807) is 12.1 Å². The molecule has 2 unspecified atom stereocenters. The first-order chi connectivity index (χ1) is 17.8. The number of carboxylic acid groups (broad SMARTS) is 1. The molecule has 2 heterocycles. The molecule has 1 amide bonds. The summed E-state index contributed by atoms with van der Waals surface area (Å²) in [5, 5.41) is 15.5. The van der Waals surface area contributed by atoms with Gasteiger partial charge in [0.05, 0.1) is 22.8 Å². The van der Waals surface area contributed by atoms with E-state index in [4.69, 9.17) is 0 Å². The molecule has 0 spiro atoms. The van der Waals surface area contributed by atoms with Crippen LogP contribution >= 0.6 is 0 Å². The Bertz CT molecular complexity index is 1510. The molecule has 11 heteroatoms. The van der Waals surface area contributed by atoms with Gasteiger partial charge in [0.1, 0.15) is 11.6 Å². The van der Waals surface area contributed by atoms with Gasteiger partial charge in [0.25, 0.3) is 5.91 Å². The van der Waals surface area contributed by atoms with E-state index in [0.717, 1.165) is 24.8 Å². The zero-order chi connectivity index (χ0) is 26.1. The molecule has 2 aromatic carbocycles. The number of halogens is 3. The van der Waals surface area contributed by atoms with Crippen molar-refractivity contribution in [2.75, 3.05) is 5.32 Å². The van der Waals surface area contributed by atoms with E-state index in [-0.39, 0.29) is 45.8 Å². The standard InChI is InChI=1S/C26H22F3N5O3/c27-13-8-18-19(11-30-22(18)20(28)9-13)23-31-12-21(29)24(34-23)32-14-4-3-5-15(10-14)33-25(35)16-6-1-2-7-17(16)26(36)37/h1-2,6-9,11-12,14-15,30H,3-5,10H2,(H,33,35)(H,36,37)(H,31,32,34). The molecule has 4 aromatic rings. The highest BCUT2D eigenvalue weighted by molar-refractivity contribution is 6.04. The first kappa shape index (κ1) is 24.3. The van der Waals surface area contributed by atoms with Crippen LogP contribution in [0.4, 0.5) is 19.0 Å². The van der Waals surface area contributed by atoms with Gasteiger partial charge >= 0.3 is 5.97 Å². The van der Waals surface area contributed by atoms with Crippen molar-refractivity contribution in [3.8, 4) is 11.4 Å². The number of fused-ring (bicyclic) bond motifs is 1. The molecule has 2 atom stereocenters. The van der Waals surface area contributed by atoms with Crippen LogP contribution in [0.1, 0.15) is 46.4 Å². The van der Waals surface area contributed by atoms with Gasteiger partial charge in [0, 0.05) is 35.3 Å².